The van der Waals surface area contributed by atoms with E-state index in [1.54, 1.807) is 7.11 Å². The molecular weight excluding hydrogens is 238 g/mol. The third-order valence-corrected chi connectivity index (χ3v) is 4.23. The second-order valence-corrected chi connectivity index (χ2v) is 7.86. The lowest BCUT2D eigenvalue weighted by Gasteiger charge is -2.48. The van der Waals surface area contributed by atoms with Crippen LogP contribution in [0.15, 0.2) is 0 Å². The van der Waals surface area contributed by atoms with E-state index in [4.69, 9.17) is 9.47 Å². The maximum absolute atomic E-state index is 6.01. The Kier molecular flexibility index (Phi) is 5.84. The molecule has 1 aliphatic rings. The number of rotatable bonds is 4. The first kappa shape index (κ1) is 16.9. The summed E-state index contributed by atoms with van der Waals surface area (Å²) in [5, 5.41) is 0. The molecule has 0 aliphatic carbocycles. The van der Waals surface area contributed by atoms with Crippen LogP contribution in [-0.2, 0) is 9.47 Å². The van der Waals surface area contributed by atoms with E-state index in [1.165, 1.54) is 13.0 Å². The lowest BCUT2D eigenvalue weighted by Crippen LogP contribution is -2.54. The van der Waals surface area contributed by atoms with Crippen molar-refractivity contribution in [3.05, 3.63) is 0 Å². The van der Waals surface area contributed by atoms with Crippen LogP contribution in [0.3, 0.4) is 0 Å². The first-order chi connectivity index (χ1) is 8.64. The Hall–Kier alpha value is -0.120. The summed E-state index contributed by atoms with van der Waals surface area (Å²) >= 11 is 0. The van der Waals surface area contributed by atoms with Crippen molar-refractivity contribution >= 4 is 0 Å². The number of hydrogen-bond acceptors (Lipinski definition) is 3. The Morgan fingerprint density at radius 1 is 1.00 bits per heavy atom. The Bertz CT molecular complexity index is 243. The van der Waals surface area contributed by atoms with Gasteiger partial charge in [-0.1, -0.05) is 20.8 Å². The van der Waals surface area contributed by atoms with Crippen molar-refractivity contribution in [3.8, 4) is 0 Å². The fraction of sp³-hybridized carbons (Fsp3) is 1.00. The maximum Gasteiger partial charge on any atom is 0.0706 e. The molecule has 1 fully saturated rings. The second-order valence-electron chi connectivity index (χ2n) is 7.86. The van der Waals surface area contributed by atoms with Crippen LogP contribution >= 0.6 is 0 Å². The minimum absolute atomic E-state index is 0.215. The Morgan fingerprint density at radius 2 is 1.63 bits per heavy atom. The smallest absolute Gasteiger partial charge is 0.0706 e. The molecule has 0 aromatic carbocycles. The van der Waals surface area contributed by atoms with Crippen LogP contribution in [0.1, 0.15) is 48.0 Å². The van der Waals surface area contributed by atoms with Gasteiger partial charge in [0.1, 0.15) is 0 Å². The average molecular weight is 271 g/mol. The summed E-state index contributed by atoms with van der Waals surface area (Å²) in [6, 6.07) is 0. The van der Waals surface area contributed by atoms with Crippen molar-refractivity contribution in [3.63, 3.8) is 0 Å². The van der Waals surface area contributed by atoms with E-state index in [9.17, 15) is 0 Å². The molecule has 114 valence electrons. The van der Waals surface area contributed by atoms with Gasteiger partial charge in [0.25, 0.3) is 0 Å². The van der Waals surface area contributed by atoms with Gasteiger partial charge < -0.3 is 9.47 Å². The van der Waals surface area contributed by atoms with E-state index in [1.807, 2.05) is 0 Å². The molecule has 1 heterocycles. The average Bonchev–Trinajstić information content (AvgIpc) is 2.27. The van der Waals surface area contributed by atoms with Crippen molar-refractivity contribution < 1.29 is 9.47 Å². The van der Waals surface area contributed by atoms with Gasteiger partial charge in [-0.05, 0) is 38.5 Å². The normalized spacial score (nSPS) is 26.7. The van der Waals surface area contributed by atoms with E-state index in [0.29, 0.717) is 30.7 Å². The molecule has 0 saturated carbocycles. The number of ether oxygens (including phenoxy) is 2. The van der Waals surface area contributed by atoms with Gasteiger partial charge in [-0.3, -0.25) is 4.90 Å². The first-order valence-corrected chi connectivity index (χ1v) is 7.50. The summed E-state index contributed by atoms with van der Waals surface area (Å²) in [5.41, 5.74) is 0.555. The monoisotopic (exact) mass is 271 g/mol. The molecule has 0 bridgehead atoms. The van der Waals surface area contributed by atoms with Gasteiger partial charge in [0.2, 0.25) is 0 Å². The molecule has 3 nitrogen and oxygen atoms in total. The Balaban J connectivity index is 2.67. The standard InChI is InChI=1S/C16H33NO2/c1-15(2,3)13-10-14(19-9-8-18-7)12-17(11-13)16(4,5)6/h13-14H,8-12H2,1-7H3/t13?,14-/m1/s1. The molecule has 1 saturated heterocycles. The predicted molar refractivity (Wildman–Crippen MR) is 80.5 cm³/mol. The summed E-state index contributed by atoms with van der Waals surface area (Å²) in [7, 11) is 1.73. The third-order valence-electron chi connectivity index (χ3n) is 4.23. The lowest BCUT2D eigenvalue weighted by molar-refractivity contribution is -0.0740. The van der Waals surface area contributed by atoms with Gasteiger partial charge in [0.15, 0.2) is 0 Å². The fourth-order valence-corrected chi connectivity index (χ4v) is 2.65. The van der Waals surface area contributed by atoms with Crippen molar-refractivity contribution in [1.29, 1.82) is 0 Å². The molecule has 0 radical (unpaired) electrons. The van der Waals surface area contributed by atoms with Crippen LogP contribution in [-0.4, -0.2) is 50.0 Å². The molecular formula is C16H33NO2. The van der Waals surface area contributed by atoms with Crippen molar-refractivity contribution in [2.24, 2.45) is 11.3 Å². The van der Waals surface area contributed by atoms with E-state index in [-0.39, 0.29) is 5.54 Å². The van der Waals surface area contributed by atoms with Gasteiger partial charge in [0.05, 0.1) is 19.3 Å². The fourth-order valence-electron chi connectivity index (χ4n) is 2.65. The molecule has 0 aromatic heterocycles. The summed E-state index contributed by atoms with van der Waals surface area (Å²) in [4.78, 5) is 2.57. The van der Waals surface area contributed by atoms with Crippen LogP contribution in [0.4, 0.5) is 0 Å². The minimum Gasteiger partial charge on any atom is -0.382 e. The largest absolute Gasteiger partial charge is 0.382 e. The molecule has 19 heavy (non-hydrogen) atoms. The first-order valence-electron chi connectivity index (χ1n) is 7.50. The van der Waals surface area contributed by atoms with Crippen molar-refractivity contribution in [2.75, 3.05) is 33.4 Å². The minimum atomic E-state index is 0.215. The highest BCUT2D eigenvalue weighted by molar-refractivity contribution is 4.90. The quantitative estimate of drug-likeness (QED) is 0.733. The molecule has 1 unspecified atom stereocenters. The number of likely N-dealkylation sites (tertiary alicyclic amines) is 1. The number of methoxy groups -OCH3 is 1. The molecule has 0 amide bonds. The molecule has 0 aromatic rings. The van der Waals surface area contributed by atoms with Crippen LogP contribution in [0, 0.1) is 11.3 Å². The highest BCUT2D eigenvalue weighted by Crippen LogP contribution is 2.36. The number of hydrogen-bond donors (Lipinski definition) is 0. The SMILES string of the molecule is COCCO[C@@H]1CC(C(C)(C)C)CN(C(C)(C)C)C1. The molecule has 3 heteroatoms. The van der Waals surface area contributed by atoms with Gasteiger partial charge >= 0.3 is 0 Å². The highest BCUT2D eigenvalue weighted by atomic mass is 16.5. The van der Waals surface area contributed by atoms with Gasteiger partial charge in [-0.15, -0.1) is 0 Å². The zero-order valence-corrected chi connectivity index (χ0v) is 14.0. The van der Waals surface area contributed by atoms with E-state index in [0.717, 1.165) is 6.54 Å². The van der Waals surface area contributed by atoms with Gasteiger partial charge in [-0.25, -0.2) is 0 Å². The molecule has 2 atom stereocenters. The summed E-state index contributed by atoms with van der Waals surface area (Å²) < 4.78 is 11.1. The zero-order chi connectivity index (χ0) is 14.7. The third kappa shape index (κ3) is 5.41. The highest BCUT2D eigenvalue weighted by Gasteiger charge is 2.38. The lowest BCUT2D eigenvalue weighted by atomic mass is 9.74. The van der Waals surface area contributed by atoms with E-state index >= 15 is 0 Å². The summed E-state index contributed by atoms with van der Waals surface area (Å²) in [5.74, 6) is 0.688. The van der Waals surface area contributed by atoms with Crippen LogP contribution < -0.4 is 0 Å². The maximum atomic E-state index is 6.01. The van der Waals surface area contributed by atoms with E-state index in [2.05, 4.69) is 46.4 Å². The zero-order valence-electron chi connectivity index (χ0n) is 14.0. The molecule has 1 rings (SSSR count). The van der Waals surface area contributed by atoms with Crippen LogP contribution in [0.25, 0.3) is 0 Å². The van der Waals surface area contributed by atoms with Crippen molar-refractivity contribution in [1.82, 2.24) is 4.90 Å². The van der Waals surface area contributed by atoms with Gasteiger partial charge in [-0.2, -0.15) is 0 Å². The van der Waals surface area contributed by atoms with E-state index < -0.39 is 0 Å². The summed E-state index contributed by atoms with van der Waals surface area (Å²) in [6.45, 7) is 17.5. The van der Waals surface area contributed by atoms with Crippen LogP contribution in [0.2, 0.25) is 0 Å². The van der Waals surface area contributed by atoms with Gasteiger partial charge in [0, 0.05) is 25.7 Å². The number of nitrogens with zero attached hydrogens (tertiary/aromatic N) is 1. The van der Waals surface area contributed by atoms with Crippen LogP contribution in [0.5, 0.6) is 0 Å². The summed E-state index contributed by atoms with van der Waals surface area (Å²) in [6.07, 6.45) is 1.51. The molecule has 1 aliphatic heterocycles. The van der Waals surface area contributed by atoms with Crippen molar-refractivity contribution in [2.45, 2.75) is 59.6 Å². The molecule has 0 spiro atoms. The predicted octanol–water partition coefficient (Wildman–Crippen LogP) is 3.18. The second kappa shape index (κ2) is 6.55. The topological polar surface area (TPSA) is 21.7 Å². The number of piperidine rings is 1. The Morgan fingerprint density at radius 3 is 2.11 bits per heavy atom. The molecule has 0 N–H and O–H groups in total. The Labute approximate surface area is 119 Å².